The van der Waals surface area contributed by atoms with E-state index in [-0.39, 0.29) is 5.91 Å². The summed E-state index contributed by atoms with van der Waals surface area (Å²) < 4.78 is 0. The largest absolute Gasteiger partial charge is 0.378 e. The Kier molecular flexibility index (Phi) is 5.55. The van der Waals surface area contributed by atoms with Crippen LogP contribution >= 0.6 is 23.1 Å². The number of nitrogens with one attached hydrogen (secondary N) is 1. The Morgan fingerprint density at radius 2 is 1.93 bits per heavy atom. The summed E-state index contributed by atoms with van der Waals surface area (Å²) in [6.07, 6.45) is 4.71. The van der Waals surface area contributed by atoms with Gasteiger partial charge in [0, 0.05) is 35.7 Å². The zero-order valence-corrected chi connectivity index (χ0v) is 18.0. The molecule has 1 aliphatic carbocycles. The Labute approximate surface area is 173 Å². The number of hydrogen-bond donors (Lipinski definition) is 1. The number of anilines is 2. The molecule has 2 heterocycles. The topological polar surface area (TPSA) is 58.1 Å². The van der Waals surface area contributed by atoms with Gasteiger partial charge in [0.1, 0.15) is 15.7 Å². The molecule has 0 saturated heterocycles. The number of benzene rings is 1. The van der Waals surface area contributed by atoms with Gasteiger partial charge in [-0.15, -0.1) is 11.3 Å². The second-order valence-electron chi connectivity index (χ2n) is 7.25. The van der Waals surface area contributed by atoms with Crippen LogP contribution in [-0.4, -0.2) is 35.7 Å². The molecule has 0 spiro atoms. The zero-order valence-electron chi connectivity index (χ0n) is 16.4. The van der Waals surface area contributed by atoms with Gasteiger partial charge in [-0.05, 0) is 62.4 Å². The Morgan fingerprint density at radius 1 is 1.18 bits per heavy atom. The molecule has 1 aromatic carbocycles. The highest BCUT2D eigenvalue weighted by atomic mass is 32.2. The number of carbonyl (C=O) groups is 1. The minimum absolute atomic E-state index is 0.0175. The predicted molar refractivity (Wildman–Crippen MR) is 119 cm³/mol. The number of aryl methyl sites for hydroxylation is 3. The van der Waals surface area contributed by atoms with Crippen LogP contribution < -0.4 is 10.2 Å². The summed E-state index contributed by atoms with van der Waals surface area (Å²) in [5.74, 6) is 1.09. The first-order chi connectivity index (χ1) is 13.5. The van der Waals surface area contributed by atoms with Crippen LogP contribution in [0, 0.1) is 6.92 Å². The van der Waals surface area contributed by atoms with E-state index in [9.17, 15) is 4.79 Å². The van der Waals surface area contributed by atoms with Gasteiger partial charge in [0.05, 0.1) is 5.75 Å². The number of amides is 1. The molecule has 0 fully saturated rings. The Bertz CT molecular complexity index is 1010. The molecule has 0 atom stereocenters. The quantitative estimate of drug-likeness (QED) is 0.487. The average molecular weight is 413 g/mol. The monoisotopic (exact) mass is 412 g/mol. The van der Waals surface area contributed by atoms with Crippen LogP contribution in [0.5, 0.6) is 0 Å². The highest BCUT2D eigenvalue weighted by Gasteiger charge is 2.21. The van der Waals surface area contributed by atoms with E-state index < -0.39 is 0 Å². The van der Waals surface area contributed by atoms with Crippen molar-refractivity contribution in [3.63, 3.8) is 0 Å². The maximum absolute atomic E-state index is 12.5. The van der Waals surface area contributed by atoms with Crippen molar-refractivity contribution in [2.45, 2.75) is 37.6 Å². The van der Waals surface area contributed by atoms with Gasteiger partial charge in [-0.3, -0.25) is 4.79 Å². The molecular weight excluding hydrogens is 388 g/mol. The first-order valence-electron chi connectivity index (χ1n) is 9.50. The fourth-order valence-corrected chi connectivity index (χ4v) is 5.78. The molecular formula is C21H24N4OS2. The van der Waals surface area contributed by atoms with Crippen molar-refractivity contribution in [3.8, 4) is 0 Å². The molecule has 2 aromatic heterocycles. The molecule has 5 nitrogen and oxygen atoms in total. The lowest BCUT2D eigenvalue weighted by atomic mass is 9.97. The highest BCUT2D eigenvalue weighted by Crippen LogP contribution is 2.39. The molecule has 146 valence electrons. The van der Waals surface area contributed by atoms with Gasteiger partial charge >= 0.3 is 0 Å². The molecule has 0 radical (unpaired) electrons. The van der Waals surface area contributed by atoms with Crippen molar-refractivity contribution >= 4 is 50.6 Å². The maximum Gasteiger partial charge on any atom is 0.234 e. The molecule has 7 heteroatoms. The van der Waals surface area contributed by atoms with Gasteiger partial charge in [-0.25, -0.2) is 9.97 Å². The molecule has 1 amide bonds. The highest BCUT2D eigenvalue weighted by molar-refractivity contribution is 8.00. The summed E-state index contributed by atoms with van der Waals surface area (Å²) in [5.41, 5.74) is 3.33. The van der Waals surface area contributed by atoms with Crippen LogP contribution in [0.1, 0.15) is 29.1 Å². The second-order valence-corrected chi connectivity index (χ2v) is 9.29. The molecule has 4 rings (SSSR count). The minimum Gasteiger partial charge on any atom is -0.378 e. The summed E-state index contributed by atoms with van der Waals surface area (Å²) in [5, 5.41) is 5.10. The van der Waals surface area contributed by atoms with Crippen molar-refractivity contribution in [2.75, 3.05) is 30.1 Å². The lowest BCUT2D eigenvalue weighted by Gasteiger charge is -2.13. The van der Waals surface area contributed by atoms with Crippen LogP contribution in [0.2, 0.25) is 0 Å². The molecule has 3 aromatic rings. The van der Waals surface area contributed by atoms with Gasteiger partial charge in [-0.2, -0.15) is 0 Å². The molecule has 0 saturated carbocycles. The number of rotatable bonds is 5. The third-order valence-corrected chi connectivity index (χ3v) is 7.06. The molecule has 1 aliphatic rings. The summed E-state index contributed by atoms with van der Waals surface area (Å²) in [6.45, 7) is 1.93. The number of aromatic nitrogens is 2. The maximum atomic E-state index is 12.5. The normalized spacial score (nSPS) is 13.4. The van der Waals surface area contributed by atoms with Crippen molar-refractivity contribution in [3.05, 3.63) is 40.5 Å². The number of thioether (sulfide) groups is 1. The SMILES string of the molecule is Cc1nc(SCC(=O)Nc2ccc(N(C)C)cc2)c2c3c(sc2n1)CCCC3. The van der Waals surface area contributed by atoms with E-state index in [1.54, 1.807) is 11.3 Å². The van der Waals surface area contributed by atoms with E-state index in [0.717, 1.165) is 39.9 Å². The van der Waals surface area contributed by atoms with Crippen molar-refractivity contribution < 1.29 is 4.79 Å². The first-order valence-corrected chi connectivity index (χ1v) is 11.3. The fourth-order valence-electron chi connectivity index (χ4n) is 3.50. The van der Waals surface area contributed by atoms with E-state index >= 15 is 0 Å². The minimum atomic E-state index is -0.0175. The third-order valence-electron chi connectivity index (χ3n) is 4.90. The van der Waals surface area contributed by atoms with Crippen LogP contribution in [0.15, 0.2) is 29.3 Å². The van der Waals surface area contributed by atoms with Crippen LogP contribution in [0.3, 0.4) is 0 Å². The number of thiophene rings is 1. The zero-order chi connectivity index (χ0) is 19.7. The van der Waals surface area contributed by atoms with Crippen molar-refractivity contribution in [2.24, 2.45) is 0 Å². The predicted octanol–water partition coefficient (Wildman–Crippen LogP) is 4.68. The van der Waals surface area contributed by atoms with Gasteiger partial charge < -0.3 is 10.2 Å². The summed E-state index contributed by atoms with van der Waals surface area (Å²) in [4.78, 5) is 26.3. The molecule has 0 unspecified atom stereocenters. The first kappa shape index (κ1) is 19.2. The van der Waals surface area contributed by atoms with E-state index in [1.165, 1.54) is 40.4 Å². The van der Waals surface area contributed by atoms with Crippen molar-refractivity contribution in [1.29, 1.82) is 0 Å². The third kappa shape index (κ3) is 4.00. The van der Waals surface area contributed by atoms with Crippen LogP contribution in [0.4, 0.5) is 11.4 Å². The molecule has 0 aliphatic heterocycles. The van der Waals surface area contributed by atoms with Gasteiger partial charge in [0.25, 0.3) is 0 Å². The van der Waals surface area contributed by atoms with Crippen LogP contribution in [-0.2, 0) is 17.6 Å². The van der Waals surface area contributed by atoms with Gasteiger partial charge in [-0.1, -0.05) is 11.8 Å². The average Bonchev–Trinajstić information content (AvgIpc) is 3.04. The van der Waals surface area contributed by atoms with E-state index in [1.807, 2.05) is 50.2 Å². The smallest absolute Gasteiger partial charge is 0.234 e. The van der Waals surface area contributed by atoms with E-state index in [4.69, 9.17) is 0 Å². The fraction of sp³-hybridized carbons (Fsp3) is 0.381. The molecule has 28 heavy (non-hydrogen) atoms. The number of nitrogens with zero attached hydrogens (tertiary/aromatic N) is 3. The lowest BCUT2D eigenvalue weighted by Crippen LogP contribution is -2.14. The van der Waals surface area contributed by atoms with Gasteiger partial charge in [0.2, 0.25) is 5.91 Å². The number of carbonyl (C=O) groups excluding carboxylic acids is 1. The summed E-state index contributed by atoms with van der Waals surface area (Å²) in [7, 11) is 4.00. The van der Waals surface area contributed by atoms with E-state index in [2.05, 4.69) is 15.3 Å². The standard InChI is InChI=1S/C21H24N4OS2/c1-13-22-20(19-16-6-4-5-7-17(16)28-21(19)23-13)27-12-18(26)24-14-8-10-15(11-9-14)25(2)3/h8-11H,4-7,12H2,1-3H3,(H,24,26). The summed E-state index contributed by atoms with van der Waals surface area (Å²) in [6, 6.07) is 7.86. The number of fused-ring (bicyclic) bond motifs is 3. The lowest BCUT2D eigenvalue weighted by molar-refractivity contribution is -0.113. The Balaban J connectivity index is 1.49. The molecule has 0 bridgehead atoms. The summed E-state index contributed by atoms with van der Waals surface area (Å²) >= 11 is 3.31. The Morgan fingerprint density at radius 3 is 2.68 bits per heavy atom. The Hall–Kier alpha value is -2.12. The molecule has 1 N–H and O–H groups in total. The van der Waals surface area contributed by atoms with E-state index in [0.29, 0.717) is 5.75 Å². The number of hydrogen-bond acceptors (Lipinski definition) is 6. The van der Waals surface area contributed by atoms with Gasteiger partial charge in [0.15, 0.2) is 0 Å². The second kappa shape index (κ2) is 8.09. The van der Waals surface area contributed by atoms with Crippen LogP contribution in [0.25, 0.3) is 10.2 Å². The van der Waals surface area contributed by atoms with Crippen molar-refractivity contribution in [1.82, 2.24) is 9.97 Å².